The maximum absolute atomic E-state index is 13.8. The van der Waals surface area contributed by atoms with Gasteiger partial charge in [0.05, 0.1) is 11.4 Å². The summed E-state index contributed by atoms with van der Waals surface area (Å²) >= 11 is 3.52. The van der Waals surface area contributed by atoms with Crippen molar-refractivity contribution in [3.8, 4) is 0 Å². The molecule has 0 saturated carbocycles. The highest BCUT2D eigenvalue weighted by atomic mass is 79.9. The van der Waals surface area contributed by atoms with E-state index in [4.69, 9.17) is 0 Å². The third kappa shape index (κ3) is 2.33. The Morgan fingerprint density at radius 2 is 2.05 bits per heavy atom. The van der Waals surface area contributed by atoms with Crippen LogP contribution in [0.25, 0.3) is 0 Å². The van der Waals surface area contributed by atoms with Crippen LogP contribution >= 0.6 is 15.9 Å². The molecule has 0 bridgehead atoms. The summed E-state index contributed by atoms with van der Waals surface area (Å²) in [6.45, 7) is 5.22. The van der Waals surface area contributed by atoms with Gasteiger partial charge in [0, 0.05) is 18.4 Å². The topological polar surface area (TPSA) is 24.9 Å². The molecule has 2 nitrogen and oxygen atoms in total. The number of anilines is 1. The van der Waals surface area contributed by atoms with Crippen LogP contribution in [0.5, 0.6) is 0 Å². The molecule has 0 fully saturated rings. The molecular formula is C16H16BrFN2. The molecule has 0 unspecified atom stereocenters. The van der Waals surface area contributed by atoms with Crippen LogP contribution in [0.1, 0.15) is 30.7 Å². The van der Waals surface area contributed by atoms with Crippen molar-refractivity contribution in [3.05, 3.63) is 57.6 Å². The predicted molar refractivity (Wildman–Crippen MR) is 82.7 cm³/mol. The fourth-order valence-corrected chi connectivity index (χ4v) is 2.99. The number of benzene rings is 1. The molecule has 1 N–H and O–H groups in total. The predicted octanol–water partition coefficient (Wildman–Crippen LogP) is 4.28. The molecule has 0 atom stereocenters. The van der Waals surface area contributed by atoms with E-state index in [9.17, 15) is 4.39 Å². The van der Waals surface area contributed by atoms with Crippen molar-refractivity contribution in [1.82, 2.24) is 4.98 Å². The van der Waals surface area contributed by atoms with Crippen LogP contribution in [0, 0.1) is 5.82 Å². The fourth-order valence-electron chi connectivity index (χ4n) is 2.55. The smallest absolute Gasteiger partial charge is 0.126 e. The van der Waals surface area contributed by atoms with E-state index in [0.29, 0.717) is 12.0 Å². The molecule has 0 radical (unpaired) electrons. The summed E-state index contributed by atoms with van der Waals surface area (Å²) in [5, 5.41) is 3.38. The fraction of sp³-hybridized carbons (Fsp3) is 0.312. The van der Waals surface area contributed by atoms with Gasteiger partial charge in [-0.05, 0) is 39.2 Å². The molecule has 1 aromatic heterocycles. The Bertz CT molecular complexity index is 668. The van der Waals surface area contributed by atoms with Crippen molar-refractivity contribution < 1.29 is 4.39 Å². The lowest BCUT2D eigenvalue weighted by atomic mass is 9.91. The van der Waals surface area contributed by atoms with Crippen LogP contribution in [0.15, 0.2) is 34.9 Å². The third-order valence-corrected chi connectivity index (χ3v) is 4.44. The minimum atomic E-state index is -0.173. The van der Waals surface area contributed by atoms with Crippen LogP contribution in [-0.4, -0.2) is 11.5 Å². The lowest BCUT2D eigenvalue weighted by Crippen LogP contribution is -2.20. The molecule has 1 aliphatic rings. The summed E-state index contributed by atoms with van der Waals surface area (Å²) in [7, 11) is 0. The second-order valence-electron chi connectivity index (χ2n) is 5.84. The van der Waals surface area contributed by atoms with Crippen LogP contribution in [0.3, 0.4) is 0 Å². The van der Waals surface area contributed by atoms with Crippen LogP contribution in [-0.2, 0) is 11.8 Å². The van der Waals surface area contributed by atoms with E-state index in [-0.39, 0.29) is 11.2 Å². The molecule has 20 heavy (non-hydrogen) atoms. The van der Waals surface area contributed by atoms with E-state index in [1.54, 1.807) is 6.07 Å². The molecule has 3 rings (SSSR count). The second kappa shape index (κ2) is 4.85. The van der Waals surface area contributed by atoms with Crippen LogP contribution in [0.2, 0.25) is 0 Å². The number of nitrogens with zero attached hydrogens (tertiary/aromatic N) is 1. The van der Waals surface area contributed by atoms with Gasteiger partial charge in [-0.1, -0.05) is 32.0 Å². The minimum absolute atomic E-state index is 0.0361. The summed E-state index contributed by atoms with van der Waals surface area (Å²) in [6, 6.07) is 8.94. The Morgan fingerprint density at radius 1 is 1.30 bits per heavy atom. The molecule has 4 heteroatoms. The lowest BCUT2D eigenvalue weighted by Gasteiger charge is -2.16. The Morgan fingerprint density at radius 3 is 2.80 bits per heavy atom. The van der Waals surface area contributed by atoms with E-state index >= 15 is 0 Å². The largest absolute Gasteiger partial charge is 0.383 e. The summed E-state index contributed by atoms with van der Waals surface area (Å²) in [5.41, 5.74) is 3.85. The number of fused-ring (bicyclic) bond motifs is 1. The van der Waals surface area contributed by atoms with Crippen molar-refractivity contribution in [2.24, 2.45) is 0 Å². The number of aromatic nitrogens is 1. The van der Waals surface area contributed by atoms with Crippen molar-refractivity contribution in [2.75, 3.05) is 11.9 Å². The molecule has 1 aliphatic heterocycles. The molecule has 0 spiro atoms. The van der Waals surface area contributed by atoms with Gasteiger partial charge in [-0.3, -0.25) is 0 Å². The molecule has 0 amide bonds. The lowest BCUT2D eigenvalue weighted by molar-refractivity contribution is 0.567. The SMILES string of the molecule is CC1(C)CNc2cc(Cc3ccccc3F)c(Br)nc21. The van der Waals surface area contributed by atoms with E-state index in [1.165, 1.54) is 6.07 Å². The number of hydrogen-bond donors (Lipinski definition) is 1. The third-order valence-electron chi connectivity index (χ3n) is 3.75. The number of hydrogen-bond acceptors (Lipinski definition) is 2. The highest BCUT2D eigenvalue weighted by Crippen LogP contribution is 2.37. The average Bonchev–Trinajstić information content (AvgIpc) is 2.69. The van der Waals surface area contributed by atoms with Crippen molar-refractivity contribution >= 4 is 21.6 Å². The summed E-state index contributed by atoms with van der Waals surface area (Å²) in [4.78, 5) is 4.66. The summed E-state index contributed by atoms with van der Waals surface area (Å²) in [5.74, 6) is -0.173. The zero-order valence-electron chi connectivity index (χ0n) is 11.5. The summed E-state index contributed by atoms with van der Waals surface area (Å²) in [6.07, 6.45) is 0.537. The maximum Gasteiger partial charge on any atom is 0.126 e. The highest BCUT2D eigenvalue weighted by molar-refractivity contribution is 9.10. The Labute approximate surface area is 126 Å². The first-order chi connectivity index (χ1) is 9.47. The minimum Gasteiger partial charge on any atom is -0.383 e. The van der Waals surface area contributed by atoms with Gasteiger partial charge in [0.15, 0.2) is 0 Å². The molecule has 104 valence electrons. The van der Waals surface area contributed by atoms with Gasteiger partial charge in [0.25, 0.3) is 0 Å². The Hall–Kier alpha value is -1.42. The van der Waals surface area contributed by atoms with Gasteiger partial charge in [-0.25, -0.2) is 9.37 Å². The maximum atomic E-state index is 13.8. The Balaban J connectivity index is 1.99. The number of pyridine rings is 1. The first-order valence-corrected chi connectivity index (χ1v) is 7.44. The molecule has 0 aliphatic carbocycles. The molecule has 2 heterocycles. The van der Waals surface area contributed by atoms with E-state index in [0.717, 1.165) is 28.1 Å². The molecule has 1 aromatic carbocycles. The summed E-state index contributed by atoms with van der Waals surface area (Å²) < 4.78 is 14.6. The quantitative estimate of drug-likeness (QED) is 0.829. The van der Waals surface area contributed by atoms with Crippen LogP contribution < -0.4 is 5.32 Å². The van der Waals surface area contributed by atoms with Gasteiger partial charge < -0.3 is 5.32 Å². The van der Waals surface area contributed by atoms with Gasteiger partial charge in [-0.15, -0.1) is 0 Å². The van der Waals surface area contributed by atoms with Crippen LogP contribution in [0.4, 0.5) is 10.1 Å². The molecule has 0 saturated heterocycles. The van der Waals surface area contributed by atoms with Crippen molar-refractivity contribution in [3.63, 3.8) is 0 Å². The second-order valence-corrected chi connectivity index (χ2v) is 6.59. The number of nitrogens with one attached hydrogen (secondary N) is 1. The van der Waals surface area contributed by atoms with Gasteiger partial charge in [0.2, 0.25) is 0 Å². The van der Waals surface area contributed by atoms with E-state index in [2.05, 4.69) is 46.1 Å². The Kier molecular flexibility index (Phi) is 3.28. The standard InChI is InChI=1S/C16H16BrFN2/c1-16(2)9-19-13-8-11(15(17)20-14(13)16)7-10-5-3-4-6-12(10)18/h3-6,8,19H,7,9H2,1-2H3. The van der Waals surface area contributed by atoms with E-state index in [1.807, 2.05) is 12.1 Å². The van der Waals surface area contributed by atoms with Gasteiger partial charge >= 0.3 is 0 Å². The normalized spacial score (nSPS) is 15.8. The van der Waals surface area contributed by atoms with Crippen molar-refractivity contribution in [1.29, 1.82) is 0 Å². The average molecular weight is 335 g/mol. The number of halogens is 2. The highest BCUT2D eigenvalue weighted by Gasteiger charge is 2.32. The zero-order chi connectivity index (χ0) is 14.3. The first-order valence-electron chi connectivity index (χ1n) is 6.64. The first kappa shape index (κ1) is 13.6. The van der Waals surface area contributed by atoms with Gasteiger partial charge in [0.1, 0.15) is 10.4 Å². The molecular weight excluding hydrogens is 319 g/mol. The molecule has 2 aromatic rings. The number of rotatable bonds is 2. The van der Waals surface area contributed by atoms with E-state index < -0.39 is 0 Å². The zero-order valence-corrected chi connectivity index (χ0v) is 13.1. The van der Waals surface area contributed by atoms with Crippen molar-refractivity contribution in [2.45, 2.75) is 25.7 Å². The van der Waals surface area contributed by atoms with Gasteiger partial charge in [-0.2, -0.15) is 0 Å². The monoisotopic (exact) mass is 334 g/mol.